The quantitative estimate of drug-likeness (QED) is 0.857. The SMILES string of the molecule is CC(C)C(SCc1ccccc1)C(=O)NC(N)=O. The van der Waals surface area contributed by atoms with Crippen molar-refractivity contribution in [2.24, 2.45) is 11.7 Å². The van der Waals surface area contributed by atoms with Gasteiger partial charge >= 0.3 is 6.03 Å². The van der Waals surface area contributed by atoms with Crippen molar-refractivity contribution in [3.8, 4) is 0 Å². The van der Waals surface area contributed by atoms with E-state index in [2.05, 4.69) is 5.32 Å². The maximum atomic E-state index is 11.8. The second-order valence-electron chi connectivity index (χ2n) is 4.31. The maximum absolute atomic E-state index is 11.8. The van der Waals surface area contributed by atoms with Gasteiger partial charge in [-0.3, -0.25) is 10.1 Å². The van der Waals surface area contributed by atoms with Crippen LogP contribution in [0.3, 0.4) is 0 Å². The Morgan fingerprint density at radius 3 is 2.39 bits per heavy atom. The second kappa shape index (κ2) is 7.06. The van der Waals surface area contributed by atoms with Crippen LogP contribution in [-0.4, -0.2) is 17.2 Å². The Balaban J connectivity index is 2.58. The first-order chi connectivity index (χ1) is 8.50. The van der Waals surface area contributed by atoms with Gasteiger partial charge in [0.1, 0.15) is 0 Å². The molecule has 98 valence electrons. The highest BCUT2D eigenvalue weighted by atomic mass is 32.2. The second-order valence-corrected chi connectivity index (χ2v) is 5.44. The first-order valence-electron chi connectivity index (χ1n) is 5.76. The fourth-order valence-electron chi connectivity index (χ4n) is 1.52. The van der Waals surface area contributed by atoms with Crippen LogP contribution in [0.2, 0.25) is 0 Å². The Hall–Kier alpha value is -1.49. The lowest BCUT2D eigenvalue weighted by molar-refractivity contribution is -0.120. The molecule has 0 radical (unpaired) electrons. The number of carbonyl (C=O) groups is 2. The highest BCUT2D eigenvalue weighted by Gasteiger charge is 2.23. The molecule has 4 nitrogen and oxygen atoms in total. The summed E-state index contributed by atoms with van der Waals surface area (Å²) in [6, 6.07) is 9.10. The van der Waals surface area contributed by atoms with Gasteiger partial charge in [-0.1, -0.05) is 44.2 Å². The topological polar surface area (TPSA) is 72.2 Å². The molecule has 0 saturated carbocycles. The van der Waals surface area contributed by atoms with Gasteiger partial charge in [0.15, 0.2) is 0 Å². The zero-order valence-electron chi connectivity index (χ0n) is 10.6. The summed E-state index contributed by atoms with van der Waals surface area (Å²) in [6.45, 7) is 3.90. The molecule has 1 aromatic carbocycles. The summed E-state index contributed by atoms with van der Waals surface area (Å²) >= 11 is 1.51. The normalized spacial score (nSPS) is 12.2. The number of thioether (sulfide) groups is 1. The van der Waals surface area contributed by atoms with Crippen LogP contribution in [0.25, 0.3) is 0 Å². The lowest BCUT2D eigenvalue weighted by atomic mass is 10.1. The number of nitrogens with one attached hydrogen (secondary N) is 1. The molecule has 1 aromatic rings. The monoisotopic (exact) mass is 266 g/mol. The average Bonchev–Trinajstić information content (AvgIpc) is 2.29. The average molecular weight is 266 g/mol. The summed E-state index contributed by atoms with van der Waals surface area (Å²) < 4.78 is 0. The fraction of sp³-hybridized carbons (Fsp3) is 0.385. The summed E-state index contributed by atoms with van der Waals surface area (Å²) in [7, 11) is 0. The van der Waals surface area contributed by atoms with Crippen molar-refractivity contribution in [2.45, 2.75) is 24.9 Å². The molecule has 0 fully saturated rings. The van der Waals surface area contributed by atoms with Crippen LogP contribution in [0.1, 0.15) is 19.4 Å². The van der Waals surface area contributed by atoms with E-state index in [9.17, 15) is 9.59 Å². The van der Waals surface area contributed by atoms with Crippen molar-refractivity contribution in [3.05, 3.63) is 35.9 Å². The predicted molar refractivity (Wildman–Crippen MR) is 74.1 cm³/mol. The number of rotatable bonds is 5. The standard InChI is InChI=1S/C13H18N2O2S/c1-9(2)11(12(16)15-13(14)17)18-8-10-6-4-3-5-7-10/h3-7,9,11H,8H2,1-2H3,(H3,14,15,16,17). The molecule has 0 aliphatic carbocycles. The summed E-state index contributed by atoms with van der Waals surface area (Å²) in [5, 5.41) is 1.86. The van der Waals surface area contributed by atoms with Gasteiger partial charge in [0.2, 0.25) is 5.91 Å². The molecule has 0 bridgehead atoms. The molecule has 3 amide bonds. The number of carbonyl (C=O) groups excluding carboxylic acids is 2. The third-order valence-corrected chi connectivity index (χ3v) is 4.00. The number of imide groups is 1. The van der Waals surface area contributed by atoms with Gasteiger partial charge in [0.05, 0.1) is 5.25 Å². The molecule has 0 saturated heterocycles. The number of nitrogens with two attached hydrogens (primary N) is 1. The van der Waals surface area contributed by atoms with Crippen molar-refractivity contribution in [1.29, 1.82) is 0 Å². The zero-order chi connectivity index (χ0) is 13.5. The lowest BCUT2D eigenvalue weighted by Crippen LogP contribution is -2.42. The van der Waals surface area contributed by atoms with Gasteiger partial charge in [-0.05, 0) is 11.5 Å². The van der Waals surface area contributed by atoms with E-state index in [0.717, 1.165) is 11.3 Å². The molecule has 0 heterocycles. The van der Waals surface area contributed by atoms with E-state index >= 15 is 0 Å². The molecule has 0 aromatic heterocycles. The Labute approximate surface area is 111 Å². The first-order valence-corrected chi connectivity index (χ1v) is 6.81. The molecule has 3 N–H and O–H groups in total. The number of primary amides is 1. The predicted octanol–water partition coefficient (Wildman–Crippen LogP) is 2.14. The van der Waals surface area contributed by atoms with Gasteiger partial charge in [0.25, 0.3) is 0 Å². The van der Waals surface area contributed by atoms with Gasteiger partial charge in [-0.2, -0.15) is 0 Å². The number of amides is 3. The molecule has 0 aliphatic heterocycles. The minimum Gasteiger partial charge on any atom is -0.351 e. The van der Waals surface area contributed by atoms with Crippen molar-refractivity contribution < 1.29 is 9.59 Å². The Bertz CT molecular complexity index is 407. The number of hydrogen-bond donors (Lipinski definition) is 2. The van der Waals surface area contributed by atoms with Crippen LogP contribution in [-0.2, 0) is 10.5 Å². The van der Waals surface area contributed by atoms with E-state index in [-0.39, 0.29) is 17.1 Å². The largest absolute Gasteiger partial charge is 0.351 e. The molecule has 1 rings (SSSR count). The van der Waals surface area contributed by atoms with E-state index in [0.29, 0.717) is 0 Å². The van der Waals surface area contributed by atoms with Crippen molar-refractivity contribution in [2.75, 3.05) is 0 Å². The van der Waals surface area contributed by atoms with Crippen LogP contribution in [0.15, 0.2) is 30.3 Å². The van der Waals surface area contributed by atoms with E-state index in [1.54, 1.807) is 0 Å². The van der Waals surface area contributed by atoms with Gasteiger partial charge < -0.3 is 5.73 Å². The number of benzene rings is 1. The van der Waals surface area contributed by atoms with E-state index in [1.165, 1.54) is 11.8 Å². The van der Waals surface area contributed by atoms with Crippen LogP contribution in [0.4, 0.5) is 4.79 Å². The highest BCUT2D eigenvalue weighted by molar-refractivity contribution is 7.99. The van der Waals surface area contributed by atoms with Crippen molar-refractivity contribution >= 4 is 23.7 Å². The summed E-state index contributed by atoms with van der Waals surface area (Å²) in [5.74, 6) is 0.548. The Morgan fingerprint density at radius 1 is 1.28 bits per heavy atom. The maximum Gasteiger partial charge on any atom is 0.318 e. The van der Waals surface area contributed by atoms with Crippen LogP contribution in [0, 0.1) is 5.92 Å². The summed E-state index contributed by atoms with van der Waals surface area (Å²) in [6.07, 6.45) is 0. The molecule has 18 heavy (non-hydrogen) atoms. The molecule has 0 spiro atoms. The summed E-state index contributed by atoms with van der Waals surface area (Å²) in [4.78, 5) is 22.5. The van der Waals surface area contributed by atoms with Gasteiger partial charge in [-0.15, -0.1) is 11.8 Å². The first kappa shape index (κ1) is 14.6. The number of hydrogen-bond acceptors (Lipinski definition) is 3. The molecule has 1 unspecified atom stereocenters. The third-order valence-electron chi connectivity index (χ3n) is 2.38. The van der Waals surface area contributed by atoms with Crippen molar-refractivity contribution in [3.63, 3.8) is 0 Å². The lowest BCUT2D eigenvalue weighted by Gasteiger charge is -2.18. The van der Waals surface area contributed by atoms with Crippen LogP contribution in [0.5, 0.6) is 0 Å². The van der Waals surface area contributed by atoms with Crippen LogP contribution >= 0.6 is 11.8 Å². The molecule has 1 atom stereocenters. The minimum absolute atomic E-state index is 0.137. The molecule has 5 heteroatoms. The molecular weight excluding hydrogens is 248 g/mol. The van der Waals surface area contributed by atoms with Gasteiger partial charge in [-0.25, -0.2) is 4.79 Å². The Kier molecular flexibility index (Phi) is 5.71. The zero-order valence-corrected chi connectivity index (χ0v) is 11.4. The van der Waals surface area contributed by atoms with Crippen molar-refractivity contribution in [1.82, 2.24) is 5.32 Å². The summed E-state index contributed by atoms with van der Waals surface area (Å²) in [5.41, 5.74) is 6.11. The number of urea groups is 1. The fourth-order valence-corrected chi connectivity index (χ4v) is 2.68. The third kappa shape index (κ3) is 4.79. The molecular formula is C13H18N2O2S. The smallest absolute Gasteiger partial charge is 0.318 e. The molecule has 0 aliphatic rings. The van der Waals surface area contributed by atoms with E-state index in [1.807, 2.05) is 44.2 Å². The van der Waals surface area contributed by atoms with E-state index in [4.69, 9.17) is 5.73 Å². The van der Waals surface area contributed by atoms with Crippen LogP contribution < -0.4 is 11.1 Å². The Morgan fingerprint density at radius 2 is 1.89 bits per heavy atom. The highest BCUT2D eigenvalue weighted by Crippen LogP contribution is 2.23. The van der Waals surface area contributed by atoms with Gasteiger partial charge in [0, 0.05) is 5.75 Å². The van der Waals surface area contributed by atoms with E-state index < -0.39 is 6.03 Å². The minimum atomic E-state index is -0.800.